The van der Waals surface area contributed by atoms with Crippen LogP contribution >= 0.6 is 0 Å². The molecule has 2 aromatic rings. The predicted octanol–water partition coefficient (Wildman–Crippen LogP) is 0.707. The summed E-state index contributed by atoms with van der Waals surface area (Å²) in [7, 11) is 0. The van der Waals surface area contributed by atoms with Gasteiger partial charge in [-0.2, -0.15) is 0 Å². The highest BCUT2D eigenvalue weighted by Gasteiger charge is 2.27. The molecule has 1 aromatic carbocycles. The average molecular weight is 346 g/mol. The SMILES string of the molecule is Cc1ccc(NC(=O)C[NH+]2CCN(C(=O)c3ccco3)CC2)cc1F. The number of nitrogens with zero attached hydrogens (tertiary/aromatic N) is 1. The maximum absolute atomic E-state index is 13.5. The van der Waals surface area contributed by atoms with Gasteiger partial charge in [-0.05, 0) is 36.8 Å². The lowest BCUT2D eigenvalue weighted by Gasteiger charge is -2.31. The Bertz CT molecular complexity index is 753. The Morgan fingerprint density at radius 3 is 2.68 bits per heavy atom. The highest BCUT2D eigenvalue weighted by molar-refractivity contribution is 5.92. The molecule has 2 heterocycles. The molecular formula is C18H21FN3O3+. The van der Waals surface area contributed by atoms with Crippen LogP contribution in [0.25, 0.3) is 0 Å². The van der Waals surface area contributed by atoms with E-state index in [0.29, 0.717) is 43.2 Å². The van der Waals surface area contributed by atoms with E-state index in [1.54, 1.807) is 36.1 Å². The highest BCUT2D eigenvalue weighted by Crippen LogP contribution is 2.13. The lowest BCUT2D eigenvalue weighted by atomic mass is 10.2. The normalized spacial score (nSPS) is 15.2. The Hall–Kier alpha value is -2.67. The van der Waals surface area contributed by atoms with Crippen LogP contribution in [0, 0.1) is 12.7 Å². The maximum atomic E-state index is 13.5. The molecule has 1 fully saturated rings. The zero-order valence-electron chi connectivity index (χ0n) is 14.0. The van der Waals surface area contributed by atoms with Crippen LogP contribution in [0.4, 0.5) is 10.1 Å². The third-order valence-electron chi connectivity index (χ3n) is 4.36. The van der Waals surface area contributed by atoms with Crippen molar-refractivity contribution < 1.29 is 23.3 Å². The summed E-state index contributed by atoms with van der Waals surface area (Å²) in [5.74, 6) is -0.287. The van der Waals surface area contributed by atoms with E-state index in [-0.39, 0.29) is 24.2 Å². The number of aryl methyl sites for hydroxylation is 1. The molecule has 2 amide bonds. The molecule has 1 saturated heterocycles. The second kappa shape index (κ2) is 7.48. The molecule has 25 heavy (non-hydrogen) atoms. The van der Waals surface area contributed by atoms with Crippen LogP contribution in [0.15, 0.2) is 41.0 Å². The second-order valence-electron chi connectivity index (χ2n) is 6.21. The lowest BCUT2D eigenvalue weighted by molar-refractivity contribution is -0.895. The minimum absolute atomic E-state index is 0.122. The summed E-state index contributed by atoms with van der Waals surface area (Å²) >= 11 is 0. The van der Waals surface area contributed by atoms with E-state index < -0.39 is 0 Å². The van der Waals surface area contributed by atoms with Gasteiger partial charge in [-0.25, -0.2) is 4.39 Å². The summed E-state index contributed by atoms with van der Waals surface area (Å²) in [5.41, 5.74) is 1.00. The van der Waals surface area contributed by atoms with E-state index in [1.807, 2.05) is 0 Å². The molecule has 1 aliphatic heterocycles. The van der Waals surface area contributed by atoms with Crippen molar-refractivity contribution in [3.05, 3.63) is 53.7 Å². The van der Waals surface area contributed by atoms with Crippen molar-refractivity contribution in [1.82, 2.24) is 4.90 Å². The fraction of sp³-hybridized carbons (Fsp3) is 0.333. The zero-order chi connectivity index (χ0) is 17.8. The first-order valence-corrected chi connectivity index (χ1v) is 8.25. The Balaban J connectivity index is 1.47. The molecule has 0 spiro atoms. The van der Waals surface area contributed by atoms with Crippen LogP contribution in [-0.4, -0.2) is 49.4 Å². The zero-order valence-corrected chi connectivity index (χ0v) is 14.0. The summed E-state index contributed by atoms with van der Waals surface area (Å²) in [6.07, 6.45) is 1.48. The van der Waals surface area contributed by atoms with Crippen molar-refractivity contribution in [1.29, 1.82) is 0 Å². The number of rotatable bonds is 4. The van der Waals surface area contributed by atoms with Crippen LogP contribution in [0.2, 0.25) is 0 Å². The van der Waals surface area contributed by atoms with E-state index in [1.165, 1.54) is 12.3 Å². The van der Waals surface area contributed by atoms with Gasteiger partial charge in [0, 0.05) is 5.69 Å². The number of nitrogens with one attached hydrogen (secondary N) is 2. The Kier molecular flexibility index (Phi) is 5.14. The van der Waals surface area contributed by atoms with E-state index in [4.69, 9.17) is 4.42 Å². The third kappa shape index (κ3) is 4.24. The summed E-state index contributed by atoms with van der Waals surface area (Å²) in [6, 6.07) is 7.98. The number of hydrogen-bond acceptors (Lipinski definition) is 3. The fourth-order valence-electron chi connectivity index (χ4n) is 2.86. The monoisotopic (exact) mass is 346 g/mol. The molecule has 6 nitrogen and oxygen atoms in total. The minimum atomic E-state index is -0.338. The van der Waals surface area contributed by atoms with Crippen LogP contribution in [-0.2, 0) is 4.79 Å². The number of quaternary nitrogens is 1. The molecule has 0 saturated carbocycles. The lowest BCUT2D eigenvalue weighted by Crippen LogP contribution is -3.15. The molecule has 0 aliphatic carbocycles. The summed E-state index contributed by atoms with van der Waals surface area (Å²) in [5, 5.41) is 2.72. The van der Waals surface area contributed by atoms with Crippen LogP contribution in [0.1, 0.15) is 16.1 Å². The van der Waals surface area contributed by atoms with Gasteiger partial charge in [0.15, 0.2) is 12.3 Å². The first-order chi connectivity index (χ1) is 12.0. The first-order valence-electron chi connectivity index (χ1n) is 8.25. The summed E-state index contributed by atoms with van der Waals surface area (Å²) in [6.45, 7) is 4.47. The van der Waals surface area contributed by atoms with Crippen molar-refractivity contribution in [2.75, 3.05) is 38.0 Å². The van der Waals surface area contributed by atoms with Crippen LogP contribution in [0.3, 0.4) is 0 Å². The molecule has 1 aromatic heterocycles. The molecule has 0 atom stereocenters. The van der Waals surface area contributed by atoms with Crippen LogP contribution < -0.4 is 10.2 Å². The van der Waals surface area contributed by atoms with Gasteiger partial charge in [-0.1, -0.05) is 6.07 Å². The van der Waals surface area contributed by atoms with Gasteiger partial charge in [0.1, 0.15) is 5.82 Å². The maximum Gasteiger partial charge on any atom is 0.289 e. The van der Waals surface area contributed by atoms with Crippen molar-refractivity contribution in [2.24, 2.45) is 0 Å². The molecule has 1 aliphatic rings. The smallest absolute Gasteiger partial charge is 0.289 e. The Morgan fingerprint density at radius 2 is 2.04 bits per heavy atom. The number of benzene rings is 1. The number of carbonyl (C=O) groups excluding carboxylic acids is 2. The van der Waals surface area contributed by atoms with E-state index >= 15 is 0 Å². The first kappa shape index (κ1) is 17.2. The Morgan fingerprint density at radius 1 is 1.28 bits per heavy atom. The number of carbonyl (C=O) groups is 2. The van der Waals surface area contributed by atoms with Crippen molar-refractivity contribution >= 4 is 17.5 Å². The quantitative estimate of drug-likeness (QED) is 0.857. The number of anilines is 1. The third-order valence-corrected chi connectivity index (χ3v) is 4.36. The molecule has 132 valence electrons. The Labute approximate surface area is 145 Å². The molecule has 7 heteroatoms. The topological polar surface area (TPSA) is 67.0 Å². The van der Waals surface area contributed by atoms with Gasteiger partial charge in [-0.15, -0.1) is 0 Å². The van der Waals surface area contributed by atoms with Gasteiger partial charge >= 0.3 is 0 Å². The van der Waals surface area contributed by atoms with E-state index in [9.17, 15) is 14.0 Å². The van der Waals surface area contributed by atoms with Crippen molar-refractivity contribution in [2.45, 2.75) is 6.92 Å². The van der Waals surface area contributed by atoms with Crippen LogP contribution in [0.5, 0.6) is 0 Å². The van der Waals surface area contributed by atoms with Crippen molar-refractivity contribution in [3.63, 3.8) is 0 Å². The number of piperazine rings is 1. The second-order valence-corrected chi connectivity index (χ2v) is 6.21. The number of halogens is 1. The molecule has 0 unspecified atom stereocenters. The predicted molar refractivity (Wildman–Crippen MR) is 89.9 cm³/mol. The molecule has 2 N–H and O–H groups in total. The van der Waals surface area contributed by atoms with Gasteiger partial charge in [-0.3, -0.25) is 9.59 Å². The highest BCUT2D eigenvalue weighted by atomic mass is 19.1. The van der Waals surface area contributed by atoms with Crippen molar-refractivity contribution in [3.8, 4) is 0 Å². The van der Waals surface area contributed by atoms with E-state index in [0.717, 1.165) is 4.90 Å². The van der Waals surface area contributed by atoms with E-state index in [2.05, 4.69) is 5.32 Å². The average Bonchev–Trinajstić information content (AvgIpc) is 3.13. The summed E-state index contributed by atoms with van der Waals surface area (Å²) < 4.78 is 18.7. The molecule has 0 radical (unpaired) electrons. The number of furan rings is 1. The fourth-order valence-corrected chi connectivity index (χ4v) is 2.86. The summed E-state index contributed by atoms with van der Waals surface area (Å²) in [4.78, 5) is 27.2. The minimum Gasteiger partial charge on any atom is -0.459 e. The molecular weight excluding hydrogens is 325 g/mol. The number of amides is 2. The van der Waals surface area contributed by atoms with Gasteiger partial charge in [0.25, 0.3) is 11.8 Å². The largest absolute Gasteiger partial charge is 0.459 e. The molecule has 3 rings (SSSR count). The van der Waals surface area contributed by atoms with Gasteiger partial charge in [0.05, 0.1) is 32.4 Å². The standard InChI is InChI=1S/C18H20FN3O3/c1-13-4-5-14(11-15(13)19)20-17(23)12-21-6-8-22(9-7-21)18(24)16-3-2-10-25-16/h2-5,10-11H,6-9,12H2,1H3,(H,20,23)/p+1. The molecule has 0 bridgehead atoms. The van der Waals surface area contributed by atoms with Gasteiger partial charge in [0.2, 0.25) is 0 Å². The van der Waals surface area contributed by atoms with Gasteiger partial charge < -0.3 is 19.5 Å². The number of hydrogen-bond donors (Lipinski definition) is 2.